The van der Waals surface area contributed by atoms with Gasteiger partial charge < -0.3 is 11.1 Å². The van der Waals surface area contributed by atoms with Crippen LogP contribution in [0.15, 0.2) is 24.3 Å². The summed E-state index contributed by atoms with van der Waals surface area (Å²) in [5, 5.41) is 2.75. The average molecular weight is 404 g/mol. The molecular weight excluding hydrogens is 374 g/mol. The second-order valence-corrected chi connectivity index (χ2v) is 9.29. The maximum Gasteiger partial charge on any atom is 0.241 e. The van der Waals surface area contributed by atoms with Gasteiger partial charge in [0.25, 0.3) is 0 Å². The van der Waals surface area contributed by atoms with Crippen LogP contribution in [0.25, 0.3) is 0 Å². The monoisotopic (exact) mass is 403 g/mol. The zero-order valence-corrected chi connectivity index (χ0v) is 17.1. The third-order valence-electron chi connectivity index (χ3n) is 4.68. The number of likely N-dealkylation sites (tertiary alicyclic amines) is 1. The predicted molar refractivity (Wildman–Crippen MR) is 108 cm³/mol. The molecule has 1 aromatic rings. The molecule has 0 spiro atoms. The SMILES string of the molecule is CC1CCCCN1Cc1ccc(NC(=O)C(N)CCS(C)(=O)=O)cc1.Cl. The molecule has 2 rings (SSSR count). The predicted octanol–water partition coefficient (Wildman–Crippen LogP) is 2.18. The Morgan fingerprint density at radius 2 is 1.96 bits per heavy atom. The van der Waals surface area contributed by atoms with E-state index in [9.17, 15) is 13.2 Å². The molecule has 2 unspecified atom stereocenters. The van der Waals surface area contributed by atoms with Crippen LogP contribution in [0, 0.1) is 0 Å². The Morgan fingerprint density at radius 1 is 1.31 bits per heavy atom. The maximum atomic E-state index is 12.0. The second kappa shape index (κ2) is 10.3. The molecule has 1 aliphatic heterocycles. The van der Waals surface area contributed by atoms with E-state index in [2.05, 4.69) is 17.1 Å². The van der Waals surface area contributed by atoms with E-state index < -0.39 is 15.9 Å². The number of carbonyl (C=O) groups is 1. The van der Waals surface area contributed by atoms with Crippen molar-refractivity contribution in [1.82, 2.24) is 4.90 Å². The van der Waals surface area contributed by atoms with Crippen LogP contribution in [0.1, 0.15) is 38.2 Å². The number of sulfone groups is 1. The Hall–Kier alpha value is -1.15. The van der Waals surface area contributed by atoms with Gasteiger partial charge in [-0.3, -0.25) is 9.69 Å². The van der Waals surface area contributed by atoms with Crippen LogP contribution in [-0.4, -0.2) is 49.9 Å². The highest BCUT2D eigenvalue weighted by molar-refractivity contribution is 7.90. The van der Waals surface area contributed by atoms with E-state index >= 15 is 0 Å². The van der Waals surface area contributed by atoms with E-state index in [0.29, 0.717) is 11.7 Å². The average Bonchev–Trinajstić information content (AvgIpc) is 2.55. The molecular formula is C18H30ClN3O3S. The third kappa shape index (κ3) is 7.61. The third-order valence-corrected chi connectivity index (χ3v) is 5.66. The van der Waals surface area contributed by atoms with Gasteiger partial charge >= 0.3 is 0 Å². The van der Waals surface area contributed by atoms with E-state index in [-0.39, 0.29) is 30.5 Å². The molecule has 0 aliphatic carbocycles. The largest absolute Gasteiger partial charge is 0.325 e. The van der Waals surface area contributed by atoms with Crippen molar-refractivity contribution >= 4 is 33.8 Å². The molecule has 1 aliphatic rings. The van der Waals surface area contributed by atoms with Gasteiger partial charge in [0.2, 0.25) is 5.91 Å². The molecule has 1 heterocycles. The van der Waals surface area contributed by atoms with Gasteiger partial charge in [0.1, 0.15) is 9.84 Å². The molecule has 1 amide bonds. The fraction of sp³-hybridized carbons (Fsp3) is 0.611. The van der Waals surface area contributed by atoms with E-state index in [1.54, 1.807) is 0 Å². The van der Waals surface area contributed by atoms with Crippen molar-refractivity contribution in [3.8, 4) is 0 Å². The van der Waals surface area contributed by atoms with Gasteiger partial charge in [-0.15, -0.1) is 12.4 Å². The summed E-state index contributed by atoms with van der Waals surface area (Å²) in [7, 11) is -3.11. The number of nitrogens with two attached hydrogens (primary N) is 1. The lowest BCUT2D eigenvalue weighted by atomic mass is 10.0. The molecule has 6 nitrogen and oxygen atoms in total. The number of carbonyl (C=O) groups excluding carboxylic acids is 1. The zero-order valence-electron chi connectivity index (χ0n) is 15.5. The molecule has 0 saturated carbocycles. The zero-order chi connectivity index (χ0) is 18.4. The highest BCUT2D eigenvalue weighted by Crippen LogP contribution is 2.20. The van der Waals surface area contributed by atoms with Gasteiger partial charge in [0.05, 0.1) is 11.8 Å². The number of anilines is 1. The number of piperidine rings is 1. The quantitative estimate of drug-likeness (QED) is 0.727. The van der Waals surface area contributed by atoms with Crippen molar-refractivity contribution in [1.29, 1.82) is 0 Å². The van der Waals surface area contributed by atoms with Gasteiger partial charge in [-0.1, -0.05) is 18.6 Å². The minimum atomic E-state index is -3.11. The summed E-state index contributed by atoms with van der Waals surface area (Å²) in [6, 6.07) is 7.54. The van der Waals surface area contributed by atoms with Crippen LogP contribution in [-0.2, 0) is 21.2 Å². The summed E-state index contributed by atoms with van der Waals surface area (Å²) in [5.41, 5.74) is 7.65. The van der Waals surface area contributed by atoms with Crippen LogP contribution in [0.5, 0.6) is 0 Å². The first-order valence-electron chi connectivity index (χ1n) is 8.82. The second-order valence-electron chi connectivity index (χ2n) is 7.03. The number of benzene rings is 1. The molecule has 0 bridgehead atoms. The first kappa shape index (κ1) is 22.9. The Labute approximate surface area is 162 Å². The molecule has 8 heteroatoms. The number of halogens is 1. The number of nitrogens with zero attached hydrogens (tertiary/aromatic N) is 1. The van der Waals surface area contributed by atoms with Gasteiger partial charge in [-0.2, -0.15) is 0 Å². The van der Waals surface area contributed by atoms with Crippen molar-refractivity contribution in [2.45, 2.75) is 51.2 Å². The lowest BCUT2D eigenvalue weighted by molar-refractivity contribution is -0.117. The van der Waals surface area contributed by atoms with Crippen LogP contribution < -0.4 is 11.1 Å². The number of rotatable bonds is 7. The Balaban J connectivity index is 0.00000338. The minimum Gasteiger partial charge on any atom is -0.325 e. The van der Waals surface area contributed by atoms with Crippen molar-refractivity contribution in [2.75, 3.05) is 23.9 Å². The lowest BCUT2D eigenvalue weighted by Crippen LogP contribution is -2.37. The van der Waals surface area contributed by atoms with Crippen molar-refractivity contribution in [3.05, 3.63) is 29.8 Å². The van der Waals surface area contributed by atoms with Crippen LogP contribution >= 0.6 is 12.4 Å². The van der Waals surface area contributed by atoms with Gasteiger partial charge in [0.15, 0.2) is 0 Å². The Morgan fingerprint density at radius 3 is 2.54 bits per heavy atom. The van der Waals surface area contributed by atoms with Crippen LogP contribution in [0.2, 0.25) is 0 Å². The molecule has 3 N–H and O–H groups in total. The van der Waals surface area contributed by atoms with Gasteiger partial charge in [-0.05, 0) is 50.4 Å². The van der Waals surface area contributed by atoms with E-state index in [1.807, 2.05) is 24.3 Å². The fourth-order valence-corrected chi connectivity index (χ4v) is 3.71. The normalized spacial score (nSPS) is 19.4. The molecule has 1 fully saturated rings. The summed E-state index contributed by atoms with van der Waals surface area (Å²) in [6.07, 6.45) is 5.07. The molecule has 0 aromatic heterocycles. The van der Waals surface area contributed by atoms with Crippen LogP contribution in [0.3, 0.4) is 0 Å². The van der Waals surface area contributed by atoms with Crippen molar-refractivity contribution < 1.29 is 13.2 Å². The summed E-state index contributed by atoms with van der Waals surface area (Å²) >= 11 is 0. The summed E-state index contributed by atoms with van der Waals surface area (Å²) in [6.45, 7) is 4.32. The lowest BCUT2D eigenvalue weighted by Gasteiger charge is -2.33. The van der Waals surface area contributed by atoms with Crippen LogP contribution in [0.4, 0.5) is 5.69 Å². The number of hydrogen-bond donors (Lipinski definition) is 2. The van der Waals surface area contributed by atoms with Gasteiger partial charge in [-0.25, -0.2) is 8.42 Å². The standard InChI is InChI=1S/C18H29N3O3S.ClH/c1-14-5-3-4-11-21(14)13-15-6-8-16(9-7-15)20-18(22)17(19)10-12-25(2,23)24;/h6-9,14,17H,3-5,10-13,19H2,1-2H3,(H,20,22);1H. The molecule has 1 aromatic carbocycles. The first-order chi connectivity index (χ1) is 11.7. The minimum absolute atomic E-state index is 0. The highest BCUT2D eigenvalue weighted by atomic mass is 35.5. The van der Waals surface area contributed by atoms with Crippen molar-refractivity contribution in [3.63, 3.8) is 0 Å². The summed E-state index contributed by atoms with van der Waals surface area (Å²) < 4.78 is 22.3. The van der Waals surface area contributed by atoms with E-state index in [0.717, 1.165) is 19.3 Å². The fourth-order valence-electron chi connectivity index (χ4n) is 3.03. The first-order valence-corrected chi connectivity index (χ1v) is 10.9. The molecule has 1 saturated heterocycles. The number of amides is 1. The highest BCUT2D eigenvalue weighted by Gasteiger charge is 2.18. The van der Waals surface area contributed by atoms with E-state index in [1.165, 1.54) is 24.8 Å². The molecule has 0 radical (unpaired) electrons. The van der Waals surface area contributed by atoms with Crippen molar-refractivity contribution in [2.24, 2.45) is 5.73 Å². The number of nitrogens with one attached hydrogen (secondary N) is 1. The Kier molecular flexibility index (Phi) is 9.03. The smallest absolute Gasteiger partial charge is 0.241 e. The Bertz CT molecular complexity index is 679. The molecule has 148 valence electrons. The topological polar surface area (TPSA) is 92.5 Å². The molecule has 2 atom stereocenters. The maximum absolute atomic E-state index is 12.0. The summed E-state index contributed by atoms with van der Waals surface area (Å²) in [5.74, 6) is -0.449. The summed E-state index contributed by atoms with van der Waals surface area (Å²) in [4.78, 5) is 14.5. The van der Waals surface area contributed by atoms with E-state index in [4.69, 9.17) is 5.73 Å². The number of hydrogen-bond acceptors (Lipinski definition) is 5. The van der Waals surface area contributed by atoms with Gasteiger partial charge in [0, 0.05) is 24.5 Å². The molecule has 26 heavy (non-hydrogen) atoms.